The van der Waals surface area contributed by atoms with Gasteiger partial charge in [0, 0.05) is 0 Å². The summed E-state index contributed by atoms with van der Waals surface area (Å²) in [4.78, 5) is 25.4. The Hall–Kier alpha value is -2.82. The zero-order valence-electron chi connectivity index (χ0n) is 17.8. The average molecular weight is 397 g/mol. The number of nitrogens with one attached hydrogen (secondary N) is 2. The summed E-state index contributed by atoms with van der Waals surface area (Å²) in [7, 11) is 0. The van der Waals surface area contributed by atoms with Crippen LogP contribution in [-0.2, 0) is 9.53 Å². The van der Waals surface area contributed by atoms with Gasteiger partial charge in [-0.1, -0.05) is 80.4 Å². The number of amides is 2. The molecule has 0 spiro atoms. The third kappa shape index (κ3) is 7.60. The van der Waals surface area contributed by atoms with Crippen LogP contribution in [0.2, 0.25) is 0 Å². The summed E-state index contributed by atoms with van der Waals surface area (Å²) in [5.74, 6) is -0.220. The molecule has 0 aromatic heterocycles. The molecule has 2 rings (SSSR count). The summed E-state index contributed by atoms with van der Waals surface area (Å²) in [6.45, 7) is 7.46. The third-order valence-corrected chi connectivity index (χ3v) is 4.41. The lowest BCUT2D eigenvalue weighted by Crippen LogP contribution is -2.49. The fourth-order valence-electron chi connectivity index (χ4n) is 3.02. The molecule has 5 heteroatoms. The van der Waals surface area contributed by atoms with Gasteiger partial charge in [0.2, 0.25) is 5.91 Å². The largest absolute Gasteiger partial charge is 0.444 e. The number of ether oxygens (including phenoxy) is 1. The molecule has 0 aliphatic heterocycles. The van der Waals surface area contributed by atoms with E-state index in [0.717, 1.165) is 24.0 Å². The van der Waals surface area contributed by atoms with Gasteiger partial charge in [0.15, 0.2) is 0 Å². The lowest BCUT2D eigenvalue weighted by Gasteiger charge is -2.26. The molecule has 0 saturated carbocycles. The molecule has 0 radical (unpaired) electrons. The smallest absolute Gasteiger partial charge is 0.408 e. The molecule has 2 N–H and O–H groups in total. The van der Waals surface area contributed by atoms with Crippen LogP contribution in [0.1, 0.15) is 64.1 Å². The molecule has 0 aliphatic carbocycles. The van der Waals surface area contributed by atoms with Gasteiger partial charge in [-0.25, -0.2) is 4.79 Å². The first-order chi connectivity index (χ1) is 13.8. The van der Waals surface area contributed by atoms with Gasteiger partial charge in [0.1, 0.15) is 11.6 Å². The lowest BCUT2D eigenvalue weighted by atomic mass is 9.98. The Balaban J connectivity index is 2.20. The number of carbonyl (C=O) groups excluding carboxylic acids is 2. The van der Waals surface area contributed by atoms with Crippen LogP contribution in [0.3, 0.4) is 0 Å². The Kier molecular flexibility index (Phi) is 8.25. The summed E-state index contributed by atoms with van der Waals surface area (Å²) in [5.41, 5.74) is 1.35. The van der Waals surface area contributed by atoms with Crippen molar-refractivity contribution < 1.29 is 14.3 Å². The number of unbranched alkanes of at least 4 members (excludes halogenated alkanes) is 1. The summed E-state index contributed by atoms with van der Waals surface area (Å²) < 4.78 is 5.34. The maximum atomic E-state index is 13.1. The summed E-state index contributed by atoms with van der Waals surface area (Å²) in [5, 5.41) is 5.86. The topological polar surface area (TPSA) is 67.4 Å². The molecule has 0 aliphatic rings. The van der Waals surface area contributed by atoms with E-state index in [1.165, 1.54) is 0 Å². The Morgan fingerprint density at radius 2 is 1.41 bits per heavy atom. The van der Waals surface area contributed by atoms with E-state index in [-0.39, 0.29) is 11.9 Å². The lowest BCUT2D eigenvalue weighted by molar-refractivity contribution is -0.123. The fraction of sp³-hybridized carbons (Fsp3) is 0.417. The van der Waals surface area contributed by atoms with Crippen molar-refractivity contribution in [3.63, 3.8) is 0 Å². The zero-order chi connectivity index (χ0) is 21.3. The highest BCUT2D eigenvalue weighted by molar-refractivity contribution is 5.86. The monoisotopic (exact) mass is 396 g/mol. The van der Waals surface area contributed by atoms with Crippen LogP contribution in [0.15, 0.2) is 60.7 Å². The number of hydrogen-bond acceptors (Lipinski definition) is 3. The Morgan fingerprint density at radius 3 is 1.86 bits per heavy atom. The van der Waals surface area contributed by atoms with Crippen molar-refractivity contribution in [3.8, 4) is 0 Å². The van der Waals surface area contributed by atoms with Crippen LogP contribution < -0.4 is 10.6 Å². The Labute approximate surface area is 173 Å². The highest BCUT2D eigenvalue weighted by atomic mass is 16.6. The predicted molar refractivity (Wildman–Crippen MR) is 116 cm³/mol. The van der Waals surface area contributed by atoms with Crippen molar-refractivity contribution >= 4 is 12.0 Å². The van der Waals surface area contributed by atoms with E-state index in [0.29, 0.717) is 6.42 Å². The van der Waals surface area contributed by atoms with Crippen LogP contribution in [-0.4, -0.2) is 23.6 Å². The van der Waals surface area contributed by atoms with Gasteiger partial charge >= 0.3 is 6.09 Å². The van der Waals surface area contributed by atoms with Gasteiger partial charge in [0.05, 0.1) is 6.04 Å². The highest BCUT2D eigenvalue weighted by Gasteiger charge is 2.26. The van der Waals surface area contributed by atoms with E-state index in [9.17, 15) is 9.59 Å². The van der Waals surface area contributed by atoms with Crippen LogP contribution in [0.4, 0.5) is 4.79 Å². The molecular formula is C24H32N2O3. The number of hydrogen-bond donors (Lipinski definition) is 2. The molecule has 2 amide bonds. The average Bonchev–Trinajstić information content (AvgIpc) is 2.69. The maximum absolute atomic E-state index is 13.1. The van der Waals surface area contributed by atoms with Gasteiger partial charge in [-0.05, 0) is 38.3 Å². The quantitative estimate of drug-likeness (QED) is 0.661. The summed E-state index contributed by atoms with van der Waals surface area (Å²) in [6.07, 6.45) is 1.73. The van der Waals surface area contributed by atoms with Crippen LogP contribution >= 0.6 is 0 Å². The van der Waals surface area contributed by atoms with Crippen molar-refractivity contribution in [3.05, 3.63) is 71.8 Å². The van der Waals surface area contributed by atoms with E-state index < -0.39 is 17.7 Å². The normalized spacial score (nSPS) is 12.3. The Morgan fingerprint density at radius 1 is 0.897 bits per heavy atom. The molecule has 5 nitrogen and oxygen atoms in total. The second kappa shape index (κ2) is 10.6. The van der Waals surface area contributed by atoms with Gasteiger partial charge in [-0.15, -0.1) is 0 Å². The van der Waals surface area contributed by atoms with E-state index in [4.69, 9.17) is 4.74 Å². The molecule has 0 unspecified atom stereocenters. The highest BCUT2D eigenvalue weighted by Crippen LogP contribution is 2.22. The van der Waals surface area contributed by atoms with Gasteiger partial charge in [-0.2, -0.15) is 0 Å². The first-order valence-corrected chi connectivity index (χ1v) is 10.2. The molecule has 2 aromatic rings. The van der Waals surface area contributed by atoms with Crippen molar-refractivity contribution in [1.82, 2.24) is 10.6 Å². The summed E-state index contributed by atoms with van der Waals surface area (Å²) >= 11 is 0. The van der Waals surface area contributed by atoms with Gasteiger partial charge < -0.3 is 15.4 Å². The predicted octanol–water partition coefficient (Wildman–Crippen LogP) is 4.98. The minimum Gasteiger partial charge on any atom is -0.444 e. The van der Waals surface area contributed by atoms with E-state index in [1.807, 2.05) is 60.7 Å². The van der Waals surface area contributed by atoms with Crippen molar-refractivity contribution in [2.24, 2.45) is 0 Å². The second-order valence-electron chi connectivity index (χ2n) is 8.10. The van der Waals surface area contributed by atoms with E-state index in [1.54, 1.807) is 20.8 Å². The van der Waals surface area contributed by atoms with Crippen LogP contribution in [0.5, 0.6) is 0 Å². The molecule has 156 valence electrons. The number of alkyl carbamates (subject to hydrolysis) is 1. The first kappa shape index (κ1) is 22.5. The molecule has 29 heavy (non-hydrogen) atoms. The van der Waals surface area contributed by atoms with E-state index in [2.05, 4.69) is 17.6 Å². The minimum atomic E-state index is -0.653. The number of rotatable bonds is 8. The summed E-state index contributed by atoms with van der Waals surface area (Å²) in [6, 6.07) is 18.7. The van der Waals surface area contributed by atoms with Gasteiger partial charge in [-0.3, -0.25) is 4.79 Å². The minimum absolute atomic E-state index is 0.220. The third-order valence-electron chi connectivity index (χ3n) is 4.41. The van der Waals surface area contributed by atoms with Gasteiger partial charge in [0.25, 0.3) is 0 Å². The van der Waals surface area contributed by atoms with Crippen molar-refractivity contribution in [2.75, 3.05) is 0 Å². The second-order valence-corrected chi connectivity index (χ2v) is 8.10. The van der Waals surface area contributed by atoms with Crippen LogP contribution in [0, 0.1) is 0 Å². The Bertz CT molecular complexity index is 730. The van der Waals surface area contributed by atoms with Crippen molar-refractivity contribution in [1.29, 1.82) is 0 Å². The molecular weight excluding hydrogens is 364 g/mol. The van der Waals surface area contributed by atoms with E-state index >= 15 is 0 Å². The zero-order valence-corrected chi connectivity index (χ0v) is 17.8. The maximum Gasteiger partial charge on any atom is 0.408 e. The molecule has 0 saturated heterocycles. The van der Waals surface area contributed by atoms with Crippen LogP contribution in [0.25, 0.3) is 0 Å². The molecule has 2 aromatic carbocycles. The number of carbonyl (C=O) groups is 2. The molecule has 1 atom stereocenters. The molecule has 0 fully saturated rings. The standard InChI is InChI=1S/C24H32N2O3/c1-5-6-17-20(25-23(28)29-24(2,3)4)22(27)26-21(18-13-9-7-10-14-18)19-15-11-8-12-16-19/h7-16,20-21H,5-6,17H2,1-4H3,(H,25,28)(H,26,27)/t20-/m0/s1. The first-order valence-electron chi connectivity index (χ1n) is 10.2. The molecule has 0 heterocycles. The van der Waals surface area contributed by atoms with Crippen molar-refractivity contribution in [2.45, 2.75) is 64.6 Å². The molecule has 0 bridgehead atoms. The SMILES string of the molecule is CCCC[C@H](NC(=O)OC(C)(C)C)C(=O)NC(c1ccccc1)c1ccccc1. The number of benzene rings is 2. The fourth-order valence-corrected chi connectivity index (χ4v) is 3.02.